The van der Waals surface area contributed by atoms with Gasteiger partial charge in [0, 0.05) is 30.7 Å². The summed E-state index contributed by atoms with van der Waals surface area (Å²) in [5.41, 5.74) is 1.11. The summed E-state index contributed by atoms with van der Waals surface area (Å²) in [5.74, 6) is 1.16. The molecule has 1 saturated carbocycles. The summed E-state index contributed by atoms with van der Waals surface area (Å²) in [4.78, 5) is 18.2. The number of rotatable bonds is 5. The van der Waals surface area contributed by atoms with Crippen molar-refractivity contribution in [1.82, 2.24) is 15.2 Å². The zero-order valence-corrected chi connectivity index (χ0v) is 13.9. The molecule has 0 bridgehead atoms. The van der Waals surface area contributed by atoms with Gasteiger partial charge in [-0.3, -0.25) is 4.98 Å². The quantitative estimate of drug-likeness (QED) is 0.906. The lowest BCUT2D eigenvalue weighted by Gasteiger charge is -2.27. The van der Waals surface area contributed by atoms with Gasteiger partial charge >= 0.3 is 6.03 Å². The number of carbonyl (C=O) groups excluding carboxylic acids is 1. The maximum Gasteiger partial charge on any atom is 0.317 e. The molecule has 1 N–H and O–H groups in total. The normalized spacial score (nSPS) is 22.8. The van der Waals surface area contributed by atoms with Crippen molar-refractivity contribution in [3.8, 4) is 0 Å². The molecule has 1 fully saturated rings. The second-order valence-corrected chi connectivity index (χ2v) is 7.18. The first-order valence-corrected chi connectivity index (χ1v) is 8.71. The number of thioether (sulfide) groups is 1. The van der Waals surface area contributed by atoms with E-state index in [1.807, 2.05) is 37.9 Å². The van der Waals surface area contributed by atoms with Crippen LogP contribution in [0.1, 0.15) is 44.7 Å². The molecular weight excluding hydrogens is 282 g/mol. The second kappa shape index (κ2) is 7.69. The summed E-state index contributed by atoms with van der Waals surface area (Å²) in [7, 11) is 1.85. The van der Waals surface area contributed by atoms with Gasteiger partial charge in [-0.05, 0) is 49.6 Å². The smallest absolute Gasteiger partial charge is 0.317 e. The van der Waals surface area contributed by atoms with E-state index in [-0.39, 0.29) is 12.1 Å². The number of amides is 2. The molecule has 0 saturated heterocycles. The van der Waals surface area contributed by atoms with E-state index >= 15 is 0 Å². The van der Waals surface area contributed by atoms with Crippen molar-refractivity contribution in [2.45, 2.75) is 50.4 Å². The highest BCUT2D eigenvalue weighted by molar-refractivity contribution is 7.99. The topological polar surface area (TPSA) is 45.2 Å². The van der Waals surface area contributed by atoms with Crippen LogP contribution >= 0.6 is 11.8 Å². The molecule has 0 spiro atoms. The average Bonchev–Trinajstić information content (AvgIpc) is 2.94. The number of hydrogen-bond donors (Lipinski definition) is 1. The maximum absolute atomic E-state index is 12.4. The summed E-state index contributed by atoms with van der Waals surface area (Å²) in [6.45, 7) is 4.24. The highest BCUT2D eigenvalue weighted by Gasteiger charge is 2.27. The molecule has 4 nitrogen and oxygen atoms in total. The van der Waals surface area contributed by atoms with E-state index in [1.54, 1.807) is 17.3 Å². The number of nitrogens with one attached hydrogen (secondary N) is 1. The molecule has 1 aliphatic rings. The number of carbonyl (C=O) groups is 1. The molecule has 0 radical (unpaired) electrons. The molecule has 5 heteroatoms. The van der Waals surface area contributed by atoms with Gasteiger partial charge in [-0.2, -0.15) is 11.8 Å². The Balaban J connectivity index is 1.86. The molecule has 0 aromatic carbocycles. The van der Waals surface area contributed by atoms with Crippen LogP contribution in [0.2, 0.25) is 0 Å². The zero-order valence-electron chi connectivity index (χ0n) is 13.1. The Hall–Kier alpha value is -1.23. The van der Waals surface area contributed by atoms with Crippen LogP contribution in [0.15, 0.2) is 24.5 Å². The monoisotopic (exact) mass is 307 g/mol. The van der Waals surface area contributed by atoms with Gasteiger partial charge in [0.05, 0.1) is 6.04 Å². The Bertz CT molecular complexity index is 454. The van der Waals surface area contributed by atoms with Crippen molar-refractivity contribution in [2.75, 3.05) is 12.8 Å². The Morgan fingerprint density at radius 3 is 2.86 bits per heavy atom. The highest BCUT2D eigenvalue weighted by Crippen LogP contribution is 2.30. The molecular formula is C16H25N3OS. The first-order valence-electron chi connectivity index (χ1n) is 7.66. The van der Waals surface area contributed by atoms with Crippen LogP contribution in [0, 0.1) is 0 Å². The minimum Gasteiger partial charge on any atom is -0.335 e. The molecule has 1 aromatic rings. The number of aromatic nitrogens is 1. The van der Waals surface area contributed by atoms with Crippen LogP contribution in [0.5, 0.6) is 0 Å². The molecule has 0 aliphatic heterocycles. The largest absolute Gasteiger partial charge is 0.335 e. The van der Waals surface area contributed by atoms with Crippen molar-refractivity contribution < 1.29 is 4.79 Å². The standard InChI is InChI=1S/C16H25N3OS/c1-4-21-15-6-5-14(11-15)18-16(20)19(3)12(2)13-7-9-17-10-8-13/h7-10,12,14-15H,4-6,11H2,1-3H3,(H,18,20)/t12-,14+,15-/m1/s1. The molecule has 1 heterocycles. The van der Waals surface area contributed by atoms with Crippen LogP contribution in [0.4, 0.5) is 4.79 Å². The molecule has 21 heavy (non-hydrogen) atoms. The van der Waals surface area contributed by atoms with Crippen LogP contribution in [0.3, 0.4) is 0 Å². The van der Waals surface area contributed by atoms with Gasteiger partial charge in [0.25, 0.3) is 0 Å². The van der Waals surface area contributed by atoms with E-state index in [9.17, 15) is 4.79 Å². The van der Waals surface area contributed by atoms with Gasteiger partial charge in [-0.1, -0.05) is 6.92 Å². The van der Waals surface area contributed by atoms with Gasteiger partial charge < -0.3 is 10.2 Å². The highest BCUT2D eigenvalue weighted by atomic mass is 32.2. The van der Waals surface area contributed by atoms with Gasteiger partial charge in [0.1, 0.15) is 0 Å². The lowest BCUT2D eigenvalue weighted by Crippen LogP contribution is -2.43. The third kappa shape index (κ3) is 4.37. The Labute approximate surface area is 131 Å². The molecule has 3 atom stereocenters. The van der Waals surface area contributed by atoms with Gasteiger partial charge in [0.2, 0.25) is 0 Å². The van der Waals surface area contributed by atoms with Gasteiger partial charge in [-0.25, -0.2) is 4.79 Å². The third-order valence-electron chi connectivity index (χ3n) is 4.20. The third-order valence-corrected chi connectivity index (χ3v) is 5.44. The SMILES string of the molecule is CCS[C@@H]1CC[C@H](NC(=O)N(C)[C@H](C)c2ccncc2)C1. The minimum atomic E-state index is 0.0199. The van der Waals surface area contributed by atoms with E-state index in [4.69, 9.17) is 0 Å². The van der Waals surface area contributed by atoms with E-state index in [1.165, 1.54) is 6.42 Å². The summed E-state index contributed by atoms with van der Waals surface area (Å²) in [5, 5.41) is 3.89. The lowest BCUT2D eigenvalue weighted by molar-refractivity contribution is 0.190. The van der Waals surface area contributed by atoms with Crippen molar-refractivity contribution in [3.05, 3.63) is 30.1 Å². The Morgan fingerprint density at radius 2 is 2.19 bits per heavy atom. The van der Waals surface area contributed by atoms with Gasteiger partial charge in [0.15, 0.2) is 0 Å². The molecule has 0 unspecified atom stereocenters. The van der Waals surface area contributed by atoms with Crippen LogP contribution in [-0.4, -0.2) is 40.0 Å². The molecule has 116 valence electrons. The predicted molar refractivity (Wildman–Crippen MR) is 88.5 cm³/mol. The summed E-state index contributed by atoms with van der Waals surface area (Å²) in [6.07, 6.45) is 6.94. The fourth-order valence-electron chi connectivity index (χ4n) is 2.78. The molecule has 2 amide bonds. The van der Waals surface area contributed by atoms with Crippen LogP contribution in [-0.2, 0) is 0 Å². The van der Waals surface area contributed by atoms with Gasteiger partial charge in [-0.15, -0.1) is 0 Å². The first-order chi connectivity index (χ1) is 10.1. The Kier molecular flexibility index (Phi) is 5.91. The van der Waals surface area contributed by atoms with E-state index < -0.39 is 0 Å². The van der Waals surface area contributed by atoms with Crippen molar-refractivity contribution in [2.24, 2.45) is 0 Å². The molecule has 2 rings (SSSR count). The Morgan fingerprint density at radius 1 is 1.48 bits per heavy atom. The van der Waals surface area contributed by atoms with Crippen LogP contribution in [0.25, 0.3) is 0 Å². The summed E-state index contributed by atoms with van der Waals surface area (Å²) < 4.78 is 0. The number of pyridine rings is 1. The summed E-state index contributed by atoms with van der Waals surface area (Å²) >= 11 is 2.01. The molecule has 1 aromatic heterocycles. The predicted octanol–water partition coefficient (Wildman–Crippen LogP) is 3.46. The first kappa shape index (κ1) is 16.1. The minimum absolute atomic E-state index is 0.0199. The van der Waals surface area contributed by atoms with E-state index in [2.05, 4.69) is 17.2 Å². The van der Waals surface area contributed by atoms with E-state index in [0.717, 1.165) is 24.2 Å². The number of nitrogens with zero attached hydrogens (tertiary/aromatic N) is 2. The maximum atomic E-state index is 12.4. The number of urea groups is 1. The fraction of sp³-hybridized carbons (Fsp3) is 0.625. The lowest BCUT2D eigenvalue weighted by atomic mass is 10.1. The number of hydrogen-bond acceptors (Lipinski definition) is 3. The van der Waals surface area contributed by atoms with Crippen molar-refractivity contribution >= 4 is 17.8 Å². The fourth-order valence-corrected chi connectivity index (χ4v) is 3.92. The summed E-state index contributed by atoms with van der Waals surface area (Å²) in [6, 6.07) is 4.31. The van der Waals surface area contributed by atoms with Crippen LogP contribution < -0.4 is 5.32 Å². The second-order valence-electron chi connectivity index (χ2n) is 5.60. The zero-order chi connectivity index (χ0) is 15.2. The average molecular weight is 307 g/mol. The molecule has 1 aliphatic carbocycles. The van der Waals surface area contributed by atoms with Crippen molar-refractivity contribution in [3.63, 3.8) is 0 Å². The van der Waals surface area contributed by atoms with Crippen molar-refractivity contribution in [1.29, 1.82) is 0 Å². The van der Waals surface area contributed by atoms with E-state index in [0.29, 0.717) is 11.3 Å².